The Morgan fingerprint density at radius 1 is 1.25 bits per heavy atom. The number of sulfonamides is 1. The fourth-order valence-electron chi connectivity index (χ4n) is 1.31. The number of alkyl halides is 1. The molecular weight excluding hydrogens is 246 g/mol. The van der Waals surface area contributed by atoms with Crippen LogP contribution in [0.2, 0.25) is 0 Å². The van der Waals surface area contributed by atoms with Crippen molar-refractivity contribution in [2.45, 2.75) is 40.0 Å². The first-order valence-electron chi connectivity index (χ1n) is 5.94. The Morgan fingerprint density at radius 3 is 2.31 bits per heavy atom. The van der Waals surface area contributed by atoms with Crippen LogP contribution < -0.4 is 4.72 Å². The Balaban J connectivity index is 3.97. The van der Waals surface area contributed by atoms with Crippen molar-refractivity contribution in [3.05, 3.63) is 0 Å². The van der Waals surface area contributed by atoms with Crippen LogP contribution in [0, 0.1) is 11.8 Å². The highest BCUT2D eigenvalue weighted by Gasteiger charge is 2.13. The summed E-state index contributed by atoms with van der Waals surface area (Å²) in [5.41, 5.74) is 0. The molecule has 0 saturated carbocycles. The summed E-state index contributed by atoms with van der Waals surface area (Å²) in [5, 5.41) is 0. The summed E-state index contributed by atoms with van der Waals surface area (Å²) < 4.78 is 25.9. The van der Waals surface area contributed by atoms with Crippen LogP contribution in [0.5, 0.6) is 0 Å². The monoisotopic (exact) mass is 269 g/mol. The van der Waals surface area contributed by atoms with Crippen LogP contribution in [-0.2, 0) is 10.0 Å². The van der Waals surface area contributed by atoms with E-state index in [2.05, 4.69) is 11.6 Å². The number of nitrogens with one attached hydrogen (secondary N) is 1. The standard InChI is InChI=1S/C11H24ClNO2S/c1-4-11(5-7-12)9-13-16(14,15)8-6-10(2)3/h10-11,13H,4-9H2,1-3H3. The molecule has 1 N–H and O–H groups in total. The first-order chi connectivity index (χ1) is 7.41. The Labute approximate surface area is 105 Å². The summed E-state index contributed by atoms with van der Waals surface area (Å²) in [7, 11) is -3.09. The molecule has 0 spiro atoms. The van der Waals surface area contributed by atoms with Gasteiger partial charge in [-0.2, -0.15) is 0 Å². The zero-order valence-electron chi connectivity index (χ0n) is 10.5. The van der Waals surface area contributed by atoms with E-state index in [4.69, 9.17) is 11.6 Å². The normalized spacial score (nSPS) is 14.3. The van der Waals surface area contributed by atoms with E-state index in [-0.39, 0.29) is 5.75 Å². The molecule has 0 aromatic rings. The second kappa shape index (κ2) is 8.31. The number of halogens is 1. The van der Waals surface area contributed by atoms with Gasteiger partial charge in [-0.1, -0.05) is 27.2 Å². The molecule has 0 fully saturated rings. The lowest BCUT2D eigenvalue weighted by Crippen LogP contribution is -2.31. The van der Waals surface area contributed by atoms with Gasteiger partial charge in [0.15, 0.2) is 0 Å². The summed E-state index contributed by atoms with van der Waals surface area (Å²) >= 11 is 5.65. The summed E-state index contributed by atoms with van der Waals surface area (Å²) in [5.74, 6) is 1.58. The van der Waals surface area contributed by atoms with Crippen LogP contribution in [0.25, 0.3) is 0 Å². The highest BCUT2D eigenvalue weighted by Crippen LogP contribution is 2.09. The van der Waals surface area contributed by atoms with Gasteiger partial charge in [-0.3, -0.25) is 0 Å². The first kappa shape index (κ1) is 16.2. The van der Waals surface area contributed by atoms with Gasteiger partial charge in [0, 0.05) is 12.4 Å². The van der Waals surface area contributed by atoms with Crippen molar-refractivity contribution >= 4 is 21.6 Å². The first-order valence-corrected chi connectivity index (χ1v) is 8.13. The molecule has 98 valence electrons. The average molecular weight is 270 g/mol. The van der Waals surface area contributed by atoms with E-state index in [1.807, 2.05) is 13.8 Å². The summed E-state index contributed by atoms with van der Waals surface area (Å²) in [6, 6.07) is 0. The van der Waals surface area contributed by atoms with Crippen molar-refractivity contribution in [2.24, 2.45) is 11.8 Å². The Bertz CT molecular complexity index is 265. The molecule has 0 heterocycles. The van der Waals surface area contributed by atoms with Crippen LogP contribution in [-0.4, -0.2) is 26.6 Å². The molecule has 0 radical (unpaired) electrons. The molecule has 1 atom stereocenters. The summed E-state index contributed by atoms with van der Waals surface area (Å²) in [6.45, 7) is 6.62. The van der Waals surface area contributed by atoms with Gasteiger partial charge in [0.25, 0.3) is 0 Å². The Morgan fingerprint density at radius 2 is 1.88 bits per heavy atom. The van der Waals surface area contributed by atoms with Crippen LogP contribution >= 0.6 is 11.6 Å². The van der Waals surface area contributed by atoms with Crippen molar-refractivity contribution in [2.75, 3.05) is 18.2 Å². The highest BCUT2D eigenvalue weighted by molar-refractivity contribution is 7.89. The van der Waals surface area contributed by atoms with Crippen molar-refractivity contribution in [3.63, 3.8) is 0 Å². The third kappa shape index (κ3) is 8.36. The van der Waals surface area contributed by atoms with Gasteiger partial charge in [-0.25, -0.2) is 13.1 Å². The fourth-order valence-corrected chi connectivity index (χ4v) is 3.04. The lowest BCUT2D eigenvalue weighted by atomic mass is 10.0. The zero-order valence-corrected chi connectivity index (χ0v) is 12.1. The topological polar surface area (TPSA) is 46.2 Å². The van der Waals surface area contributed by atoms with Crippen LogP contribution in [0.3, 0.4) is 0 Å². The lowest BCUT2D eigenvalue weighted by molar-refractivity contribution is 0.479. The van der Waals surface area contributed by atoms with Crippen molar-refractivity contribution in [3.8, 4) is 0 Å². The molecule has 0 aromatic carbocycles. The van der Waals surface area contributed by atoms with E-state index in [0.717, 1.165) is 12.8 Å². The number of rotatable bonds is 9. The SMILES string of the molecule is CCC(CCCl)CNS(=O)(=O)CCC(C)C. The van der Waals surface area contributed by atoms with Gasteiger partial charge in [-0.15, -0.1) is 11.6 Å². The Kier molecular flexibility index (Phi) is 8.42. The van der Waals surface area contributed by atoms with Gasteiger partial charge < -0.3 is 0 Å². The van der Waals surface area contributed by atoms with Gasteiger partial charge in [0.05, 0.1) is 5.75 Å². The molecule has 3 nitrogen and oxygen atoms in total. The smallest absolute Gasteiger partial charge is 0.211 e. The molecule has 1 unspecified atom stereocenters. The highest BCUT2D eigenvalue weighted by atomic mass is 35.5. The van der Waals surface area contributed by atoms with Crippen molar-refractivity contribution < 1.29 is 8.42 Å². The minimum atomic E-state index is -3.09. The minimum absolute atomic E-state index is 0.224. The molecule has 0 bridgehead atoms. The van der Waals surface area contributed by atoms with Gasteiger partial charge in [0.1, 0.15) is 0 Å². The molecule has 0 aromatic heterocycles. The van der Waals surface area contributed by atoms with Crippen LogP contribution in [0.4, 0.5) is 0 Å². The van der Waals surface area contributed by atoms with Gasteiger partial charge >= 0.3 is 0 Å². The lowest BCUT2D eigenvalue weighted by Gasteiger charge is -2.14. The second-order valence-corrected chi connectivity index (χ2v) is 6.91. The van der Waals surface area contributed by atoms with E-state index >= 15 is 0 Å². The molecule has 16 heavy (non-hydrogen) atoms. The van der Waals surface area contributed by atoms with Crippen LogP contribution in [0.1, 0.15) is 40.0 Å². The zero-order chi connectivity index (χ0) is 12.6. The predicted octanol–water partition coefficient (Wildman–Crippen LogP) is 2.61. The Hall–Kier alpha value is 0.200. The third-order valence-corrected chi connectivity index (χ3v) is 4.25. The van der Waals surface area contributed by atoms with E-state index < -0.39 is 10.0 Å². The number of hydrogen-bond donors (Lipinski definition) is 1. The van der Waals surface area contributed by atoms with E-state index in [9.17, 15) is 8.42 Å². The molecule has 0 saturated heterocycles. The van der Waals surface area contributed by atoms with Crippen LogP contribution in [0.15, 0.2) is 0 Å². The molecular formula is C11H24ClNO2S. The molecule has 0 aliphatic heterocycles. The molecule has 5 heteroatoms. The number of hydrogen-bond acceptors (Lipinski definition) is 2. The molecule has 0 rings (SSSR count). The molecule has 0 amide bonds. The van der Waals surface area contributed by atoms with Crippen molar-refractivity contribution in [1.82, 2.24) is 4.72 Å². The van der Waals surface area contributed by atoms with Gasteiger partial charge in [0.2, 0.25) is 10.0 Å². The maximum absolute atomic E-state index is 11.6. The summed E-state index contributed by atoms with van der Waals surface area (Å²) in [4.78, 5) is 0. The fraction of sp³-hybridized carbons (Fsp3) is 1.00. The van der Waals surface area contributed by atoms with E-state index in [1.54, 1.807) is 0 Å². The average Bonchev–Trinajstić information content (AvgIpc) is 2.21. The van der Waals surface area contributed by atoms with E-state index in [1.165, 1.54) is 0 Å². The quantitative estimate of drug-likeness (QED) is 0.654. The van der Waals surface area contributed by atoms with E-state index in [0.29, 0.717) is 30.7 Å². The summed E-state index contributed by atoms with van der Waals surface area (Å²) in [6.07, 6.45) is 2.53. The predicted molar refractivity (Wildman–Crippen MR) is 70.4 cm³/mol. The second-order valence-electron chi connectivity index (χ2n) is 4.60. The largest absolute Gasteiger partial charge is 0.215 e. The van der Waals surface area contributed by atoms with Gasteiger partial charge in [-0.05, 0) is 24.7 Å². The minimum Gasteiger partial charge on any atom is -0.215 e. The maximum Gasteiger partial charge on any atom is 0.211 e. The molecule has 0 aliphatic carbocycles. The van der Waals surface area contributed by atoms with Crippen molar-refractivity contribution in [1.29, 1.82) is 0 Å². The molecule has 0 aliphatic rings. The maximum atomic E-state index is 11.6. The third-order valence-electron chi connectivity index (χ3n) is 2.65.